The van der Waals surface area contributed by atoms with Crippen molar-refractivity contribution in [2.75, 3.05) is 38.0 Å². The SMILES string of the molecule is CCCNC(=O)c1ccc(C(=O)NC(=N[C@H]2CCCCN(CC(=O)N3CCCC3)C2=O)Nc2ccc3oc(C)cc3c2)cn1. The van der Waals surface area contributed by atoms with Gasteiger partial charge in [-0.05, 0) is 81.8 Å². The lowest BCUT2D eigenvalue weighted by molar-refractivity contribution is -0.140. The van der Waals surface area contributed by atoms with Crippen LogP contribution in [0.1, 0.15) is 72.1 Å². The predicted molar refractivity (Wildman–Crippen MR) is 166 cm³/mol. The monoisotopic (exact) mass is 601 g/mol. The van der Waals surface area contributed by atoms with Crippen molar-refractivity contribution < 1.29 is 23.6 Å². The number of hydrogen-bond acceptors (Lipinski definition) is 7. The standard InChI is InChI=1S/C32H39N7O5/c1-3-13-33-30(42)25-11-9-22(19-34-25)29(41)37-32(35-24-10-12-27-23(18-24)17-21(2)44-27)36-26-8-4-5-16-39(31(26)43)20-28(40)38-14-6-7-15-38/h9-12,17-19,26H,3-8,13-16,20H2,1-2H3,(H,33,42)(H2,35,36,37,41)/t26-/m0/s1. The number of furan rings is 1. The maximum atomic E-state index is 13.6. The number of rotatable bonds is 8. The molecule has 2 aromatic heterocycles. The highest BCUT2D eigenvalue weighted by Crippen LogP contribution is 2.23. The fourth-order valence-electron chi connectivity index (χ4n) is 5.40. The van der Waals surface area contributed by atoms with Gasteiger partial charge in [0.05, 0.1) is 12.1 Å². The zero-order valence-corrected chi connectivity index (χ0v) is 25.2. The van der Waals surface area contributed by atoms with Gasteiger partial charge in [-0.15, -0.1) is 0 Å². The summed E-state index contributed by atoms with van der Waals surface area (Å²) in [6.07, 6.45) is 6.09. The number of nitrogens with zero attached hydrogens (tertiary/aromatic N) is 4. The summed E-state index contributed by atoms with van der Waals surface area (Å²) in [4.78, 5) is 64.3. The average molecular weight is 602 g/mol. The maximum Gasteiger partial charge on any atom is 0.269 e. The summed E-state index contributed by atoms with van der Waals surface area (Å²) >= 11 is 0. The van der Waals surface area contributed by atoms with E-state index in [0.717, 1.165) is 61.9 Å². The molecule has 12 nitrogen and oxygen atoms in total. The molecule has 2 aliphatic heterocycles. The number of aryl methyl sites for hydroxylation is 1. The van der Waals surface area contributed by atoms with Gasteiger partial charge in [0.1, 0.15) is 23.1 Å². The van der Waals surface area contributed by atoms with Gasteiger partial charge in [-0.25, -0.2) is 4.99 Å². The van der Waals surface area contributed by atoms with E-state index < -0.39 is 11.9 Å². The molecule has 0 unspecified atom stereocenters. The molecule has 2 fully saturated rings. The van der Waals surface area contributed by atoms with E-state index in [2.05, 4.69) is 20.9 Å². The van der Waals surface area contributed by atoms with Crippen molar-refractivity contribution in [3.05, 3.63) is 59.6 Å². The quantitative estimate of drug-likeness (QED) is 0.264. The van der Waals surface area contributed by atoms with Crippen LogP contribution in [0, 0.1) is 6.92 Å². The molecule has 0 saturated carbocycles. The molecule has 0 radical (unpaired) electrons. The van der Waals surface area contributed by atoms with E-state index in [1.54, 1.807) is 11.0 Å². The first-order valence-corrected chi connectivity index (χ1v) is 15.3. The van der Waals surface area contributed by atoms with E-state index in [4.69, 9.17) is 9.41 Å². The van der Waals surface area contributed by atoms with Crippen LogP contribution < -0.4 is 16.0 Å². The van der Waals surface area contributed by atoms with Gasteiger partial charge >= 0.3 is 0 Å². The summed E-state index contributed by atoms with van der Waals surface area (Å²) in [6, 6.07) is 9.62. The molecule has 1 aromatic carbocycles. The number of benzene rings is 1. The fraction of sp³-hybridized carbons (Fsp3) is 0.438. The topological polar surface area (TPSA) is 149 Å². The van der Waals surface area contributed by atoms with E-state index >= 15 is 0 Å². The number of aromatic nitrogens is 1. The second-order valence-corrected chi connectivity index (χ2v) is 11.2. The van der Waals surface area contributed by atoms with Gasteiger partial charge in [-0.1, -0.05) is 6.92 Å². The summed E-state index contributed by atoms with van der Waals surface area (Å²) in [7, 11) is 0. The molecule has 5 rings (SSSR count). The Bertz CT molecular complexity index is 1540. The number of carbonyl (C=O) groups is 4. The number of aliphatic imine (C=N–C) groups is 1. The van der Waals surface area contributed by atoms with Crippen molar-refractivity contribution in [3.8, 4) is 0 Å². The molecular formula is C32H39N7O5. The number of anilines is 1. The number of amides is 4. The number of pyridine rings is 1. The molecule has 3 N–H and O–H groups in total. The summed E-state index contributed by atoms with van der Waals surface area (Å²) in [5.41, 5.74) is 1.79. The Balaban J connectivity index is 1.37. The molecule has 12 heteroatoms. The van der Waals surface area contributed by atoms with Crippen LogP contribution in [0.25, 0.3) is 11.0 Å². The number of nitrogens with one attached hydrogen (secondary N) is 3. The minimum absolute atomic E-state index is 0.0281. The minimum Gasteiger partial charge on any atom is -0.461 e. The molecule has 232 valence electrons. The van der Waals surface area contributed by atoms with Crippen LogP contribution in [-0.4, -0.2) is 83.1 Å². The van der Waals surface area contributed by atoms with Gasteiger partial charge in [0.25, 0.3) is 11.8 Å². The second-order valence-electron chi connectivity index (χ2n) is 11.2. The number of likely N-dealkylation sites (tertiary alicyclic amines) is 2. The van der Waals surface area contributed by atoms with Crippen molar-refractivity contribution in [2.24, 2.45) is 4.99 Å². The fourth-order valence-corrected chi connectivity index (χ4v) is 5.40. The Hall–Kier alpha value is -4.74. The summed E-state index contributed by atoms with van der Waals surface area (Å²) < 4.78 is 5.68. The highest BCUT2D eigenvalue weighted by molar-refractivity contribution is 6.11. The molecule has 2 saturated heterocycles. The lowest BCUT2D eigenvalue weighted by Gasteiger charge is -2.25. The number of hydrogen-bond donors (Lipinski definition) is 3. The largest absolute Gasteiger partial charge is 0.461 e. The van der Waals surface area contributed by atoms with Gasteiger partial charge in [-0.2, -0.15) is 0 Å². The Morgan fingerprint density at radius 1 is 1.02 bits per heavy atom. The summed E-state index contributed by atoms with van der Waals surface area (Å²) in [5, 5.41) is 9.60. The lowest BCUT2D eigenvalue weighted by Crippen LogP contribution is -2.45. The molecule has 4 amide bonds. The summed E-state index contributed by atoms with van der Waals surface area (Å²) in [6.45, 7) is 6.31. The van der Waals surface area contributed by atoms with E-state index in [9.17, 15) is 19.2 Å². The molecule has 0 spiro atoms. The van der Waals surface area contributed by atoms with Crippen LogP contribution in [-0.2, 0) is 9.59 Å². The van der Waals surface area contributed by atoms with E-state index in [1.165, 1.54) is 18.3 Å². The average Bonchev–Trinajstić information content (AvgIpc) is 3.66. The zero-order valence-electron chi connectivity index (χ0n) is 25.2. The first-order chi connectivity index (χ1) is 21.3. The van der Waals surface area contributed by atoms with Crippen molar-refractivity contribution in [3.63, 3.8) is 0 Å². The van der Waals surface area contributed by atoms with Crippen molar-refractivity contribution in [1.82, 2.24) is 25.4 Å². The molecule has 4 heterocycles. The molecule has 1 atom stereocenters. The van der Waals surface area contributed by atoms with Gasteiger partial charge < -0.3 is 24.9 Å². The molecule has 3 aromatic rings. The molecule has 0 bridgehead atoms. The van der Waals surface area contributed by atoms with Crippen LogP contribution in [0.4, 0.5) is 5.69 Å². The van der Waals surface area contributed by atoms with Crippen LogP contribution in [0.3, 0.4) is 0 Å². The van der Waals surface area contributed by atoms with Gasteiger partial charge in [-0.3, -0.25) is 29.5 Å². The number of carbonyl (C=O) groups excluding carboxylic acids is 4. The zero-order chi connectivity index (χ0) is 31.1. The predicted octanol–water partition coefficient (Wildman–Crippen LogP) is 3.48. The first kappa shape index (κ1) is 30.7. The van der Waals surface area contributed by atoms with Crippen molar-refractivity contribution in [1.29, 1.82) is 0 Å². The Kier molecular flexibility index (Phi) is 9.88. The third kappa shape index (κ3) is 7.61. The molecular weight excluding hydrogens is 562 g/mol. The van der Waals surface area contributed by atoms with Crippen LogP contribution in [0.5, 0.6) is 0 Å². The van der Waals surface area contributed by atoms with E-state index in [0.29, 0.717) is 25.2 Å². The Labute approximate surface area is 256 Å². The molecule has 0 aliphatic carbocycles. The van der Waals surface area contributed by atoms with Crippen LogP contribution in [0.2, 0.25) is 0 Å². The second kappa shape index (κ2) is 14.2. The van der Waals surface area contributed by atoms with Gasteiger partial charge in [0, 0.05) is 43.4 Å². The minimum atomic E-state index is -0.783. The van der Waals surface area contributed by atoms with Crippen LogP contribution in [0.15, 0.2) is 52.0 Å². The Morgan fingerprint density at radius 3 is 2.57 bits per heavy atom. The van der Waals surface area contributed by atoms with E-state index in [1.807, 2.05) is 36.9 Å². The third-order valence-corrected chi connectivity index (χ3v) is 7.75. The van der Waals surface area contributed by atoms with Gasteiger partial charge in [0.2, 0.25) is 17.8 Å². The number of fused-ring (bicyclic) bond motifs is 1. The number of guanidine groups is 1. The lowest BCUT2D eigenvalue weighted by atomic mass is 10.1. The smallest absolute Gasteiger partial charge is 0.269 e. The van der Waals surface area contributed by atoms with E-state index in [-0.39, 0.29) is 41.5 Å². The maximum absolute atomic E-state index is 13.6. The third-order valence-electron chi connectivity index (χ3n) is 7.75. The molecule has 44 heavy (non-hydrogen) atoms. The highest BCUT2D eigenvalue weighted by atomic mass is 16.3. The van der Waals surface area contributed by atoms with Crippen LogP contribution >= 0.6 is 0 Å². The van der Waals surface area contributed by atoms with Crippen molar-refractivity contribution in [2.45, 2.75) is 58.4 Å². The first-order valence-electron chi connectivity index (χ1n) is 15.3. The normalized spacial score (nSPS) is 17.5. The van der Waals surface area contributed by atoms with Gasteiger partial charge in [0.15, 0.2) is 0 Å². The van der Waals surface area contributed by atoms with Crippen molar-refractivity contribution >= 4 is 46.2 Å². The highest BCUT2D eigenvalue weighted by Gasteiger charge is 2.30. The summed E-state index contributed by atoms with van der Waals surface area (Å²) in [5.74, 6) is -0.251. The molecule has 2 aliphatic rings. The Morgan fingerprint density at radius 2 is 1.82 bits per heavy atom.